The van der Waals surface area contributed by atoms with Gasteiger partial charge in [-0.1, -0.05) is 85.0 Å². The molecule has 0 amide bonds. The molecule has 1 atom stereocenters. The maximum absolute atomic E-state index is 13.0. The first kappa shape index (κ1) is 26.4. The Morgan fingerprint density at radius 3 is 1.43 bits per heavy atom. The van der Waals surface area contributed by atoms with Gasteiger partial charge in [-0.05, 0) is 37.5 Å². The zero-order valence-electron chi connectivity index (χ0n) is 19.2. The van der Waals surface area contributed by atoms with Gasteiger partial charge in [-0.2, -0.15) is 0 Å². The molecule has 3 N–H and O–H groups in total. The number of unbranched alkanes of at least 4 members (excludes halogenated alkanes) is 6. The first-order chi connectivity index (χ1) is 14.2. The van der Waals surface area contributed by atoms with E-state index in [0.29, 0.717) is 32.1 Å². The van der Waals surface area contributed by atoms with Crippen LogP contribution in [0.4, 0.5) is 0 Å². The molecule has 1 aliphatic carbocycles. The average molecular weight is 427 g/mol. The summed E-state index contributed by atoms with van der Waals surface area (Å²) in [6.07, 6.45) is 9.83. The van der Waals surface area contributed by atoms with Crippen LogP contribution in [-0.4, -0.2) is 33.2 Å². The van der Waals surface area contributed by atoms with Gasteiger partial charge in [0.05, 0.1) is 0 Å². The molecule has 0 radical (unpaired) electrons. The van der Waals surface area contributed by atoms with Gasteiger partial charge in [0.2, 0.25) is 0 Å². The van der Waals surface area contributed by atoms with E-state index < -0.39 is 34.2 Å². The largest absolute Gasteiger partial charge is 0.481 e. The lowest BCUT2D eigenvalue weighted by molar-refractivity contribution is -0.214. The summed E-state index contributed by atoms with van der Waals surface area (Å²) in [5.74, 6) is -4.19. The fraction of sp³-hybridized carbons (Fsp3) is 0.875. The van der Waals surface area contributed by atoms with Crippen LogP contribution in [0, 0.1) is 16.2 Å². The minimum atomic E-state index is -2.27. The number of carbonyl (C=O) groups is 3. The number of aliphatic carboxylic acids is 3. The Morgan fingerprint density at radius 2 is 1.07 bits per heavy atom. The van der Waals surface area contributed by atoms with Gasteiger partial charge < -0.3 is 15.3 Å². The summed E-state index contributed by atoms with van der Waals surface area (Å²) in [5, 5.41) is 31.1. The topological polar surface area (TPSA) is 112 Å². The lowest BCUT2D eigenvalue weighted by Crippen LogP contribution is -2.66. The molecule has 1 fully saturated rings. The van der Waals surface area contributed by atoms with Crippen molar-refractivity contribution in [2.45, 2.75) is 117 Å². The minimum Gasteiger partial charge on any atom is -0.481 e. The Morgan fingerprint density at radius 1 is 0.633 bits per heavy atom. The molecule has 6 nitrogen and oxygen atoms in total. The third kappa shape index (κ3) is 4.67. The third-order valence-electron chi connectivity index (χ3n) is 7.61. The molecule has 30 heavy (non-hydrogen) atoms. The fourth-order valence-electron chi connectivity index (χ4n) is 6.11. The van der Waals surface area contributed by atoms with E-state index >= 15 is 0 Å². The zero-order valence-corrected chi connectivity index (χ0v) is 19.2. The Kier molecular flexibility index (Phi) is 10.3. The Balaban J connectivity index is 3.73. The molecule has 1 aliphatic rings. The highest BCUT2D eigenvalue weighted by molar-refractivity contribution is 6.04. The van der Waals surface area contributed by atoms with Gasteiger partial charge in [-0.15, -0.1) is 0 Å². The maximum atomic E-state index is 13.0. The van der Waals surface area contributed by atoms with Crippen LogP contribution in [0.5, 0.6) is 0 Å². The molecular weight excluding hydrogens is 384 g/mol. The monoisotopic (exact) mass is 426 g/mol. The number of hydrogen-bond acceptors (Lipinski definition) is 3. The molecule has 1 rings (SSSR count). The molecule has 0 aromatic carbocycles. The van der Waals surface area contributed by atoms with Crippen molar-refractivity contribution in [1.82, 2.24) is 0 Å². The molecule has 6 heteroatoms. The average Bonchev–Trinajstić information content (AvgIpc) is 2.68. The fourth-order valence-corrected chi connectivity index (χ4v) is 6.11. The van der Waals surface area contributed by atoms with Crippen LogP contribution in [0.1, 0.15) is 117 Å². The van der Waals surface area contributed by atoms with Crippen LogP contribution in [0.3, 0.4) is 0 Å². The highest BCUT2D eigenvalue weighted by Gasteiger charge is 2.74. The smallest absolute Gasteiger partial charge is 0.322 e. The van der Waals surface area contributed by atoms with Gasteiger partial charge >= 0.3 is 17.9 Å². The number of carboxylic acid groups (broad SMARTS) is 3. The first-order valence-electron chi connectivity index (χ1n) is 11.9. The van der Waals surface area contributed by atoms with E-state index in [1.165, 1.54) is 0 Å². The molecule has 1 unspecified atom stereocenters. The van der Waals surface area contributed by atoms with E-state index in [1.807, 2.05) is 6.92 Å². The van der Waals surface area contributed by atoms with Crippen molar-refractivity contribution in [3.8, 4) is 0 Å². The van der Waals surface area contributed by atoms with Gasteiger partial charge in [0.15, 0.2) is 5.41 Å². The summed E-state index contributed by atoms with van der Waals surface area (Å²) in [7, 11) is 0. The highest BCUT2D eigenvalue weighted by atomic mass is 16.4. The predicted molar refractivity (Wildman–Crippen MR) is 116 cm³/mol. The standard InChI is InChI=1S/C24H42O6/c1-4-7-10-14-22(15-11-8-5-2)16-13-17-23(19(25)26,20(27)28)24(22,21(29)30)18-12-9-6-3/h4-18H2,1-3H3,(H,25,26)(H,27,28)(H,29,30). The van der Waals surface area contributed by atoms with Crippen molar-refractivity contribution < 1.29 is 29.7 Å². The second-order valence-corrected chi connectivity index (χ2v) is 9.23. The van der Waals surface area contributed by atoms with Crippen molar-refractivity contribution >= 4 is 17.9 Å². The molecule has 0 heterocycles. The van der Waals surface area contributed by atoms with E-state index in [1.54, 1.807) is 0 Å². The van der Waals surface area contributed by atoms with E-state index in [0.717, 1.165) is 51.4 Å². The summed E-state index contributed by atoms with van der Waals surface area (Å²) in [6, 6.07) is 0. The Hall–Kier alpha value is -1.59. The third-order valence-corrected chi connectivity index (χ3v) is 7.61. The second kappa shape index (κ2) is 11.7. The number of hydrogen-bond donors (Lipinski definition) is 3. The van der Waals surface area contributed by atoms with Crippen molar-refractivity contribution in [2.24, 2.45) is 16.2 Å². The number of carboxylic acids is 3. The molecule has 0 bridgehead atoms. The van der Waals surface area contributed by atoms with Gasteiger partial charge in [0.1, 0.15) is 5.41 Å². The Labute approximate surface area is 181 Å². The first-order valence-corrected chi connectivity index (χ1v) is 11.9. The van der Waals surface area contributed by atoms with Crippen molar-refractivity contribution in [1.29, 1.82) is 0 Å². The molecule has 0 aliphatic heterocycles. The van der Waals surface area contributed by atoms with Crippen molar-refractivity contribution in [3.05, 3.63) is 0 Å². The second-order valence-electron chi connectivity index (χ2n) is 9.23. The van der Waals surface area contributed by atoms with E-state index in [-0.39, 0.29) is 12.8 Å². The van der Waals surface area contributed by atoms with E-state index in [4.69, 9.17) is 0 Å². The van der Waals surface area contributed by atoms with Crippen LogP contribution in [-0.2, 0) is 14.4 Å². The quantitative estimate of drug-likeness (QED) is 0.215. The lowest BCUT2D eigenvalue weighted by atomic mass is 9.41. The van der Waals surface area contributed by atoms with Crippen LogP contribution in [0.25, 0.3) is 0 Å². The van der Waals surface area contributed by atoms with Gasteiger partial charge in [0, 0.05) is 0 Å². The van der Waals surface area contributed by atoms with E-state index in [9.17, 15) is 29.7 Å². The summed E-state index contributed by atoms with van der Waals surface area (Å²) in [4.78, 5) is 38.2. The van der Waals surface area contributed by atoms with Gasteiger partial charge in [-0.3, -0.25) is 14.4 Å². The maximum Gasteiger partial charge on any atom is 0.322 e. The lowest BCUT2D eigenvalue weighted by Gasteiger charge is -2.58. The van der Waals surface area contributed by atoms with Crippen molar-refractivity contribution in [3.63, 3.8) is 0 Å². The Bertz CT molecular complexity index is 560. The number of rotatable bonds is 15. The summed E-state index contributed by atoms with van der Waals surface area (Å²) < 4.78 is 0. The van der Waals surface area contributed by atoms with Crippen LogP contribution < -0.4 is 0 Å². The molecule has 0 aromatic heterocycles. The summed E-state index contributed by atoms with van der Waals surface area (Å²) in [5.41, 5.74) is -4.86. The highest BCUT2D eigenvalue weighted by Crippen LogP contribution is 2.66. The predicted octanol–water partition coefficient (Wildman–Crippen LogP) is 6.12. The SMILES string of the molecule is CCCCCC1(CCCCC)CCCC(C(=O)O)(C(=O)O)C1(CCCCC)C(=O)O. The normalized spacial score (nSPS) is 22.5. The summed E-state index contributed by atoms with van der Waals surface area (Å²) >= 11 is 0. The minimum absolute atomic E-state index is 0.112. The molecule has 0 aromatic rings. The zero-order chi connectivity index (χ0) is 22.8. The van der Waals surface area contributed by atoms with E-state index in [2.05, 4.69) is 13.8 Å². The van der Waals surface area contributed by atoms with Gasteiger partial charge in [-0.25, -0.2) is 0 Å². The molecule has 0 spiro atoms. The molecular formula is C24H42O6. The molecule has 174 valence electrons. The van der Waals surface area contributed by atoms with Crippen molar-refractivity contribution in [2.75, 3.05) is 0 Å². The van der Waals surface area contributed by atoms with Crippen LogP contribution in [0.15, 0.2) is 0 Å². The van der Waals surface area contributed by atoms with Crippen LogP contribution >= 0.6 is 0 Å². The summed E-state index contributed by atoms with van der Waals surface area (Å²) in [6.45, 7) is 6.16. The molecule has 1 saturated carbocycles. The van der Waals surface area contributed by atoms with Crippen LogP contribution in [0.2, 0.25) is 0 Å². The van der Waals surface area contributed by atoms with Gasteiger partial charge in [0.25, 0.3) is 0 Å². The molecule has 0 saturated heterocycles.